The number of hydrogen-bond donors (Lipinski definition) is 0. The maximum Gasteiger partial charge on any atom is 0.274 e. The minimum atomic E-state index is -3.64. The Bertz CT molecular complexity index is 951. The van der Waals surface area contributed by atoms with Gasteiger partial charge in [0.15, 0.2) is 0 Å². The molecule has 0 bridgehead atoms. The van der Waals surface area contributed by atoms with Crippen molar-refractivity contribution >= 4 is 27.4 Å². The molecule has 1 N–H and O–H groups in total. The lowest BCUT2D eigenvalue weighted by atomic mass is 10.2. The molecule has 0 atom stereocenters. The number of aromatic amines is 1. The van der Waals surface area contributed by atoms with E-state index in [0.717, 1.165) is 31.7 Å². The van der Waals surface area contributed by atoms with Gasteiger partial charge in [-0.2, -0.15) is 0 Å². The van der Waals surface area contributed by atoms with Gasteiger partial charge in [0.1, 0.15) is 24.2 Å². The van der Waals surface area contributed by atoms with Gasteiger partial charge in [-0.05, 0) is 38.0 Å². The first-order valence-corrected chi connectivity index (χ1v) is 11.6. The molecule has 2 aliphatic rings. The van der Waals surface area contributed by atoms with Crippen molar-refractivity contribution in [3.63, 3.8) is 0 Å². The molecule has 29 heavy (non-hydrogen) atoms. The van der Waals surface area contributed by atoms with Crippen molar-refractivity contribution < 1.29 is 18.2 Å². The van der Waals surface area contributed by atoms with E-state index < -0.39 is 10.0 Å². The van der Waals surface area contributed by atoms with Crippen LogP contribution >= 0.6 is 0 Å². The highest BCUT2D eigenvalue weighted by molar-refractivity contribution is 7.92. The smallest absolute Gasteiger partial charge is 0.274 e. The monoisotopic (exact) mass is 415 g/mol. The zero-order chi connectivity index (χ0) is 20.4. The Morgan fingerprint density at radius 1 is 1.07 bits per heavy atom. The number of hydrogen-bond acceptors (Lipinski definition) is 4. The Hall–Kier alpha value is -2.61. The van der Waals surface area contributed by atoms with Crippen molar-refractivity contribution in [3.8, 4) is 0 Å². The summed E-state index contributed by atoms with van der Waals surface area (Å²) in [4.78, 5) is 19.7. The molecule has 7 nitrogen and oxygen atoms in total. The summed E-state index contributed by atoms with van der Waals surface area (Å²) in [5, 5.41) is 0. The van der Waals surface area contributed by atoms with Gasteiger partial charge in [-0.1, -0.05) is 18.2 Å². The molecule has 1 aliphatic carbocycles. The van der Waals surface area contributed by atoms with Crippen molar-refractivity contribution in [2.24, 2.45) is 5.92 Å². The van der Waals surface area contributed by atoms with Crippen LogP contribution < -0.4 is 14.2 Å². The van der Waals surface area contributed by atoms with Gasteiger partial charge in [0.2, 0.25) is 5.91 Å². The number of H-pyrrole nitrogens is 1. The average molecular weight is 416 g/mol. The number of nitrogens with zero attached hydrogens (tertiary/aromatic N) is 3. The lowest BCUT2D eigenvalue weighted by Gasteiger charge is -2.31. The summed E-state index contributed by atoms with van der Waals surface area (Å²) < 4.78 is 27.6. The normalized spacial score (nSPS) is 17.3. The number of pyridine rings is 1. The van der Waals surface area contributed by atoms with Gasteiger partial charge in [-0.25, -0.2) is 13.4 Å². The average Bonchev–Trinajstić information content (AvgIpc) is 3.60. The molecule has 1 aromatic heterocycles. The first-order chi connectivity index (χ1) is 14.0. The number of nitrogens with one attached hydrogen (secondary N) is 1. The maximum atomic E-state index is 13.1. The zero-order valence-electron chi connectivity index (χ0n) is 16.6. The van der Waals surface area contributed by atoms with Crippen LogP contribution in [0.3, 0.4) is 0 Å². The number of amides is 1. The van der Waals surface area contributed by atoms with Crippen LogP contribution in [0.15, 0.2) is 53.6 Å². The number of carbonyl (C=O) groups excluding carboxylic acids is 1. The van der Waals surface area contributed by atoms with Gasteiger partial charge in [0.05, 0.1) is 18.8 Å². The molecule has 154 valence electrons. The van der Waals surface area contributed by atoms with E-state index in [2.05, 4.69) is 9.88 Å². The lowest BCUT2D eigenvalue weighted by molar-refractivity contribution is -0.367. The molecule has 0 radical (unpaired) electrons. The van der Waals surface area contributed by atoms with Crippen LogP contribution in [0.25, 0.3) is 0 Å². The fourth-order valence-corrected chi connectivity index (χ4v) is 5.17. The minimum Gasteiger partial charge on any atom is -0.335 e. The zero-order valence-corrected chi connectivity index (χ0v) is 17.4. The van der Waals surface area contributed by atoms with Crippen molar-refractivity contribution in [3.05, 3.63) is 48.7 Å². The van der Waals surface area contributed by atoms with Gasteiger partial charge < -0.3 is 4.90 Å². The van der Waals surface area contributed by atoms with E-state index in [9.17, 15) is 13.2 Å². The third-order valence-electron chi connectivity index (χ3n) is 5.55. The second-order valence-electron chi connectivity index (χ2n) is 7.50. The topological polar surface area (TPSA) is 75.1 Å². The highest BCUT2D eigenvalue weighted by Crippen LogP contribution is 2.31. The summed E-state index contributed by atoms with van der Waals surface area (Å²) in [7, 11) is -3.64. The number of benzene rings is 1. The number of para-hydroxylation sites is 1. The van der Waals surface area contributed by atoms with Gasteiger partial charge in [-0.15, -0.1) is 0 Å². The quantitative estimate of drug-likeness (QED) is 0.721. The van der Waals surface area contributed by atoms with E-state index in [-0.39, 0.29) is 16.7 Å². The molecule has 2 heterocycles. The van der Waals surface area contributed by atoms with Gasteiger partial charge in [0, 0.05) is 18.5 Å². The van der Waals surface area contributed by atoms with Crippen LogP contribution in [0.2, 0.25) is 0 Å². The molecular formula is C21H27N4O3S+. The summed E-state index contributed by atoms with van der Waals surface area (Å²) in [6.07, 6.45) is 3.61. The number of anilines is 2. The molecular weight excluding hydrogens is 388 g/mol. The Morgan fingerprint density at radius 2 is 1.76 bits per heavy atom. The summed E-state index contributed by atoms with van der Waals surface area (Å²) >= 11 is 0. The standard InChI is InChI=1S/C21H26N4O3S/c1-2-25(18-6-4-3-5-7-18)29(27,28)19-10-11-20(22-16-19)23-12-14-24(15-13-23)21(26)17-8-9-17/h3-7,10-11,16-17H,2,8-9,12-15H2,1H3/p+1. The fraction of sp³-hybridized carbons (Fsp3) is 0.429. The van der Waals surface area contributed by atoms with Crippen LogP contribution in [0, 0.1) is 5.92 Å². The summed E-state index contributed by atoms with van der Waals surface area (Å²) in [6.45, 7) is 5.08. The van der Waals surface area contributed by atoms with E-state index in [0.29, 0.717) is 25.3 Å². The molecule has 0 spiro atoms. The largest absolute Gasteiger partial charge is 0.335 e. The van der Waals surface area contributed by atoms with Crippen molar-refractivity contribution in [1.82, 2.24) is 4.90 Å². The lowest BCUT2D eigenvalue weighted by Crippen LogP contribution is -2.50. The Morgan fingerprint density at radius 3 is 2.31 bits per heavy atom. The highest BCUT2D eigenvalue weighted by atomic mass is 32.2. The molecule has 1 saturated carbocycles. The van der Waals surface area contributed by atoms with E-state index in [1.165, 1.54) is 4.31 Å². The summed E-state index contributed by atoms with van der Waals surface area (Å²) in [5.74, 6) is 1.41. The molecule has 8 heteroatoms. The second-order valence-corrected chi connectivity index (χ2v) is 9.36. The minimum absolute atomic E-state index is 0.231. The van der Waals surface area contributed by atoms with E-state index in [4.69, 9.17) is 0 Å². The molecule has 1 amide bonds. The predicted octanol–water partition coefficient (Wildman–Crippen LogP) is 1.77. The molecule has 1 aliphatic heterocycles. The van der Waals surface area contributed by atoms with Crippen LogP contribution in [-0.4, -0.2) is 51.9 Å². The predicted molar refractivity (Wildman–Crippen MR) is 111 cm³/mol. The van der Waals surface area contributed by atoms with E-state index in [1.54, 1.807) is 24.4 Å². The molecule has 1 saturated heterocycles. The van der Waals surface area contributed by atoms with Crippen molar-refractivity contribution in [1.29, 1.82) is 0 Å². The Balaban J connectivity index is 1.45. The summed E-state index contributed by atoms with van der Waals surface area (Å²) in [6, 6.07) is 12.6. The Kier molecular flexibility index (Phi) is 5.45. The molecule has 2 fully saturated rings. The third kappa shape index (κ3) is 4.07. The molecule has 1 aromatic carbocycles. The molecule has 4 rings (SSSR count). The van der Waals surface area contributed by atoms with Crippen LogP contribution in [0.4, 0.5) is 11.5 Å². The van der Waals surface area contributed by atoms with Gasteiger partial charge in [-0.3, -0.25) is 14.0 Å². The van der Waals surface area contributed by atoms with Crippen molar-refractivity contribution in [2.75, 3.05) is 41.9 Å². The second kappa shape index (κ2) is 8.02. The van der Waals surface area contributed by atoms with E-state index >= 15 is 0 Å². The first-order valence-electron chi connectivity index (χ1n) is 10.1. The number of rotatable bonds is 6. The molecule has 2 aromatic rings. The number of piperazine rings is 1. The van der Waals surface area contributed by atoms with Crippen LogP contribution in [0.1, 0.15) is 19.8 Å². The number of sulfonamides is 1. The molecule has 0 unspecified atom stereocenters. The fourth-order valence-electron chi connectivity index (χ4n) is 3.73. The van der Waals surface area contributed by atoms with Crippen molar-refractivity contribution in [2.45, 2.75) is 24.7 Å². The number of carbonyl (C=O) groups is 1. The van der Waals surface area contributed by atoms with Crippen LogP contribution in [0.5, 0.6) is 0 Å². The van der Waals surface area contributed by atoms with Gasteiger partial charge in [0.25, 0.3) is 15.8 Å². The SMILES string of the molecule is CCN(c1ccccc1)S(=O)(=O)c1ccc(N2CCN(C(=O)C3CC3)CC2)[nH+]c1. The Labute approximate surface area is 172 Å². The summed E-state index contributed by atoms with van der Waals surface area (Å²) in [5.41, 5.74) is 0.649. The van der Waals surface area contributed by atoms with E-state index in [1.807, 2.05) is 36.1 Å². The third-order valence-corrected chi connectivity index (χ3v) is 7.44. The van der Waals surface area contributed by atoms with Crippen LogP contribution in [-0.2, 0) is 14.8 Å². The maximum absolute atomic E-state index is 13.1. The number of aromatic nitrogens is 1. The van der Waals surface area contributed by atoms with Gasteiger partial charge >= 0.3 is 0 Å². The highest BCUT2D eigenvalue weighted by Gasteiger charge is 2.36. The first kappa shape index (κ1) is 19.7.